The van der Waals surface area contributed by atoms with E-state index < -0.39 is 0 Å². The Hall–Kier alpha value is -3.47. The zero-order valence-corrected chi connectivity index (χ0v) is 19.7. The van der Waals surface area contributed by atoms with E-state index in [2.05, 4.69) is 25.2 Å². The lowest BCUT2D eigenvalue weighted by Gasteiger charge is -2.17. The molecule has 0 radical (unpaired) electrons. The number of ether oxygens (including phenoxy) is 2. The van der Waals surface area contributed by atoms with Gasteiger partial charge in [-0.3, -0.25) is 4.79 Å². The van der Waals surface area contributed by atoms with Crippen molar-refractivity contribution in [1.82, 2.24) is 0 Å². The van der Waals surface area contributed by atoms with Crippen molar-refractivity contribution >= 4 is 17.3 Å². The second-order valence-electron chi connectivity index (χ2n) is 8.32. The molecule has 168 valence electrons. The van der Waals surface area contributed by atoms with E-state index in [0.717, 1.165) is 45.1 Å². The van der Waals surface area contributed by atoms with Crippen molar-refractivity contribution in [2.24, 2.45) is 0 Å². The third-order valence-corrected chi connectivity index (χ3v) is 5.45. The molecule has 0 fully saturated rings. The molecular weight excluding hydrogens is 400 g/mol. The van der Waals surface area contributed by atoms with Gasteiger partial charge in [0.1, 0.15) is 11.5 Å². The van der Waals surface area contributed by atoms with E-state index in [9.17, 15) is 4.79 Å². The number of carbonyl (C=O) groups excluding carboxylic acids is 1. The van der Waals surface area contributed by atoms with Gasteiger partial charge in [0.05, 0.1) is 20.6 Å². The number of hydrogen-bond acceptors (Lipinski definition) is 4. The number of anilines is 2. The summed E-state index contributed by atoms with van der Waals surface area (Å²) in [5.74, 6) is 1.79. The van der Waals surface area contributed by atoms with Gasteiger partial charge in [-0.15, -0.1) is 0 Å². The minimum absolute atomic E-state index is 0.0516. The lowest BCUT2D eigenvalue weighted by atomic mass is 9.95. The maximum atomic E-state index is 12.6. The summed E-state index contributed by atoms with van der Waals surface area (Å²) >= 11 is 0. The molecular formula is C27H32N2O3. The summed E-state index contributed by atoms with van der Waals surface area (Å²) in [6, 6.07) is 19.9. The van der Waals surface area contributed by atoms with Crippen LogP contribution in [0, 0.1) is 0 Å². The summed E-state index contributed by atoms with van der Waals surface area (Å²) in [6.45, 7) is 4.27. The Bertz CT molecular complexity index is 1070. The number of methoxy groups -OCH3 is 2. The van der Waals surface area contributed by atoms with Gasteiger partial charge < -0.3 is 19.7 Å². The first-order valence-electron chi connectivity index (χ1n) is 10.7. The zero-order chi connectivity index (χ0) is 23.3. The van der Waals surface area contributed by atoms with Crippen molar-refractivity contribution in [3.05, 3.63) is 71.8 Å². The average molecular weight is 433 g/mol. The monoisotopic (exact) mass is 432 g/mol. The van der Waals surface area contributed by atoms with Gasteiger partial charge in [-0.1, -0.05) is 38.1 Å². The van der Waals surface area contributed by atoms with Crippen LogP contribution < -0.4 is 19.7 Å². The summed E-state index contributed by atoms with van der Waals surface area (Å²) in [5.41, 5.74) is 5.88. The van der Waals surface area contributed by atoms with Crippen LogP contribution in [0.25, 0.3) is 11.1 Å². The van der Waals surface area contributed by atoms with Gasteiger partial charge >= 0.3 is 0 Å². The molecule has 1 N–H and O–H groups in total. The predicted octanol–water partition coefficient (Wildman–Crippen LogP) is 5.74. The van der Waals surface area contributed by atoms with Gasteiger partial charge in [0.15, 0.2) is 0 Å². The third kappa shape index (κ3) is 5.41. The molecule has 3 aromatic carbocycles. The Morgan fingerprint density at radius 2 is 1.62 bits per heavy atom. The van der Waals surface area contributed by atoms with E-state index in [1.165, 1.54) is 0 Å². The van der Waals surface area contributed by atoms with E-state index in [1.54, 1.807) is 14.2 Å². The third-order valence-electron chi connectivity index (χ3n) is 5.45. The van der Waals surface area contributed by atoms with Crippen molar-refractivity contribution in [2.45, 2.75) is 26.2 Å². The fourth-order valence-electron chi connectivity index (χ4n) is 3.67. The molecule has 3 rings (SSSR count). The SMILES string of the molecule is COc1cc(OC)c(C(C)C)cc1-c1cccc(NC(=O)Cc2ccc(N(C)C)cc2)c1. The molecule has 5 heteroatoms. The standard InChI is InChI=1S/C27H32N2O3/c1-18(2)23-16-24(26(32-6)17-25(23)31-5)20-8-7-9-21(15-20)28-27(30)14-19-10-12-22(13-11-19)29(3)4/h7-13,15-18H,14H2,1-6H3,(H,28,30). The first kappa shape index (κ1) is 23.2. The molecule has 0 unspecified atom stereocenters. The van der Waals surface area contributed by atoms with Gasteiger partial charge in [0.25, 0.3) is 0 Å². The van der Waals surface area contributed by atoms with Gasteiger partial charge in [-0.05, 0) is 52.9 Å². The molecule has 1 amide bonds. The quantitative estimate of drug-likeness (QED) is 0.493. The lowest BCUT2D eigenvalue weighted by molar-refractivity contribution is -0.115. The van der Waals surface area contributed by atoms with Crippen molar-refractivity contribution in [3.8, 4) is 22.6 Å². The van der Waals surface area contributed by atoms with Crippen LogP contribution in [0.4, 0.5) is 11.4 Å². The Kier molecular flexibility index (Phi) is 7.41. The van der Waals surface area contributed by atoms with E-state index in [-0.39, 0.29) is 5.91 Å². The first-order chi connectivity index (χ1) is 15.3. The molecule has 32 heavy (non-hydrogen) atoms. The van der Waals surface area contributed by atoms with E-state index >= 15 is 0 Å². The Balaban J connectivity index is 1.82. The van der Waals surface area contributed by atoms with Gasteiger partial charge in [0, 0.05) is 37.1 Å². The molecule has 0 atom stereocenters. The van der Waals surface area contributed by atoms with Crippen LogP contribution in [-0.2, 0) is 11.2 Å². The Morgan fingerprint density at radius 1 is 0.938 bits per heavy atom. The van der Waals surface area contributed by atoms with Gasteiger partial charge in [-0.2, -0.15) is 0 Å². The second-order valence-corrected chi connectivity index (χ2v) is 8.32. The van der Waals surface area contributed by atoms with Crippen LogP contribution in [0.3, 0.4) is 0 Å². The number of nitrogens with one attached hydrogen (secondary N) is 1. The maximum absolute atomic E-state index is 12.6. The van der Waals surface area contributed by atoms with Crippen LogP contribution in [0.1, 0.15) is 30.9 Å². The number of rotatable bonds is 8. The smallest absolute Gasteiger partial charge is 0.228 e. The minimum atomic E-state index is -0.0516. The van der Waals surface area contributed by atoms with E-state index in [1.807, 2.05) is 73.6 Å². The van der Waals surface area contributed by atoms with Crippen molar-refractivity contribution in [3.63, 3.8) is 0 Å². The van der Waals surface area contributed by atoms with Crippen LogP contribution in [0.15, 0.2) is 60.7 Å². The first-order valence-corrected chi connectivity index (χ1v) is 10.7. The molecule has 0 saturated heterocycles. The molecule has 0 bridgehead atoms. The molecule has 0 aliphatic rings. The molecule has 5 nitrogen and oxygen atoms in total. The van der Waals surface area contributed by atoms with Crippen molar-refractivity contribution in [1.29, 1.82) is 0 Å². The summed E-state index contributed by atoms with van der Waals surface area (Å²) in [5, 5.41) is 3.02. The molecule has 0 saturated carbocycles. The molecule has 0 aliphatic carbocycles. The number of amides is 1. The van der Waals surface area contributed by atoms with E-state index in [0.29, 0.717) is 12.3 Å². The highest BCUT2D eigenvalue weighted by atomic mass is 16.5. The molecule has 0 aliphatic heterocycles. The fourth-order valence-corrected chi connectivity index (χ4v) is 3.67. The molecule has 0 spiro atoms. The van der Waals surface area contributed by atoms with Crippen LogP contribution >= 0.6 is 0 Å². The molecule has 3 aromatic rings. The second kappa shape index (κ2) is 10.2. The van der Waals surface area contributed by atoms with Crippen molar-refractivity contribution in [2.75, 3.05) is 38.5 Å². The minimum Gasteiger partial charge on any atom is -0.496 e. The number of carbonyl (C=O) groups is 1. The largest absolute Gasteiger partial charge is 0.496 e. The van der Waals surface area contributed by atoms with Gasteiger partial charge in [0.2, 0.25) is 5.91 Å². The van der Waals surface area contributed by atoms with Gasteiger partial charge in [-0.25, -0.2) is 0 Å². The topological polar surface area (TPSA) is 50.8 Å². The molecule has 0 aromatic heterocycles. The Labute approximate surface area is 191 Å². The van der Waals surface area contributed by atoms with Crippen LogP contribution in [0.2, 0.25) is 0 Å². The number of benzene rings is 3. The summed E-state index contributed by atoms with van der Waals surface area (Å²) in [4.78, 5) is 14.7. The maximum Gasteiger partial charge on any atom is 0.228 e. The predicted molar refractivity (Wildman–Crippen MR) is 132 cm³/mol. The zero-order valence-electron chi connectivity index (χ0n) is 19.7. The number of nitrogens with zero attached hydrogens (tertiary/aromatic N) is 1. The highest BCUT2D eigenvalue weighted by Gasteiger charge is 2.15. The van der Waals surface area contributed by atoms with Crippen molar-refractivity contribution < 1.29 is 14.3 Å². The average Bonchev–Trinajstić information content (AvgIpc) is 2.78. The Morgan fingerprint density at radius 3 is 2.22 bits per heavy atom. The fraction of sp³-hybridized carbons (Fsp3) is 0.296. The van der Waals surface area contributed by atoms with Crippen LogP contribution in [0.5, 0.6) is 11.5 Å². The van der Waals surface area contributed by atoms with Crippen LogP contribution in [-0.4, -0.2) is 34.2 Å². The highest BCUT2D eigenvalue weighted by Crippen LogP contribution is 2.39. The summed E-state index contributed by atoms with van der Waals surface area (Å²) in [7, 11) is 7.32. The number of hydrogen-bond donors (Lipinski definition) is 1. The lowest BCUT2D eigenvalue weighted by Crippen LogP contribution is -2.14. The highest BCUT2D eigenvalue weighted by molar-refractivity contribution is 5.93. The summed E-state index contributed by atoms with van der Waals surface area (Å²) < 4.78 is 11.2. The van der Waals surface area contributed by atoms with E-state index in [4.69, 9.17) is 9.47 Å². The summed E-state index contributed by atoms with van der Waals surface area (Å²) in [6.07, 6.45) is 0.321. The normalized spacial score (nSPS) is 10.7. The molecule has 0 heterocycles.